The maximum Gasteiger partial charge on any atom is 0.109 e. The lowest BCUT2D eigenvalue weighted by Gasteiger charge is -2.35. The third-order valence-electron chi connectivity index (χ3n) is 3.49. The van der Waals surface area contributed by atoms with E-state index in [-0.39, 0.29) is 0 Å². The fourth-order valence-electron chi connectivity index (χ4n) is 2.75. The van der Waals surface area contributed by atoms with Crippen LogP contribution in [0.15, 0.2) is 0 Å². The lowest BCUT2D eigenvalue weighted by Crippen LogP contribution is -2.40. The zero-order valence-electron chi connectivity index (χ0n) is 7.50. The molecule has 2 aliphatic rings. The molecule has 0 aliphatic carbocycles. The highest BCUT2D eigenvalue weighted by atomic mass is 127. The van der Waals surface area contributed by atoms with E-state index in [1.165, 1.54) is 25.7 Å². The van der Waals surface area contributed by atoms with E-state index in [9.17, 15) is 0 Å². The van der Waals surface area contributed by atoms with Gasteiger partial charge >= 0.3 is 0 Å². The Morgan fingerprint density at radius 3 is 2.42 bits per heavy atom. The summed E-state index contributed by atoms with van der Waals surface area (Å²) in [5.41, 5.74) is 0. The van der Waals surface area contributed by atoms with Crippen molar-refractivity contribution in [1.82, 2.24) is 4.90 Å². The van der Waals surface area contributed by atoms with Crippen LogP contribution in [0.2, 0.25) is 0 Å². The molecule has 0 radical (unpaired) electrons. The van der Waals surface area contributed by atoms with Gasteiger partial charge in [0.2, 0.25) is 0 Å². The lowest BCUT2D eigenvalue weighted by molar-refractivity contribution is 0.114. The van der Waals surface area contributed by atoms with Crippen LogP contribution in [0.25, 0.3) is 0 Å². The summed E-state index contributed by atoms with van der Waals surface area (Å²) in [7, 11) is 2.28. The van der Waals surface area contributed by atoms with Crippen LogP contribution in [-0.2, 0) is 3.07 Å². The Hall–Kier alpha value is 0.650. The molecule has 2 fully saturated rings. The second kappa shape index (κ2) is 3.80. The molecule has 0 aromatic carbocycles. The Morgan fingerprint density at radius 1 is 1.33 bits per heavy atom. The van der Waals surface area contributed by atoms with Crippen molar-refractivity contribution in [3.63, 3.8) is 0 Å². The standard InChI is InChI=1S/C9H16INO/c1-11-8-2-3-9(11)5-7(4-8)6-12-10/h7-9H,2-6H2,1H3. The highest BCUT2D eigenvalue weighted by Gasteiger charge is 2.38. The van der Waals surface area contributed by atoms with Gasteiger partial charge in [-0.3, -0.25) is 0 Å². The van der Waals surface area contributed by atoms with E-state index in [0.717, 1.165) is 24.6 Å². The summed E-state index contributed by atoms with van der Waals surface area (Å²) >= 11 is 2.02. The Morgan fingerprint density at radius 2 is 1.92 bits per heavy atom. The molecule has 2 aliphatic heterocycles. The van der Waals surface area contributed by atoms with Gasteiger partial charge in [0.15, 0.2) is 0 Å². The van der Waals surface area contributed by atoms with Crippen molar-refractivity contribution in [2.24, 2.45) is 5.92 Å². The summed E-state index contributed by atoms with van der Waals surface area (Å²) in [6.07, 6.45) is 5.55. The third kappa shape index (κ3) is 1.63. The molecule has 0 N–H and O–H groups in total. The summed E-state index contributed by atoms with van der Waals surface area (Å²) in [6.45, 7) is 0.960. The molecule has 0 aromatic rings. The molecule has 2 bridgehead atoms. The number of hydrogen-bond acceptors (Lipinski definition) is 2. The Kier molecular flexibility index (Phi) is 2.92. The number of rotatable bonds is 2. The number of fused-ring (bicyclic) bond motifs is 2. The molecule has 2 atom stereocenters. The van der Waals surface area contributed by atoms with Gasteiger partial charge in [0.25, 0.3) is 0 Å². The molecule has 2 heterocycles. The first-order valence-electron chi connectivity index (χ1n) is 4.76. The molecule has 0 aromatic heterocycles. The second-order valence-corrected chi connectivity index (χ2v) is 4.79. The van der Waals surface area contributed by atoms with Crippen molar-refractivity contribution in [2.45, 2.75) is 37.8 Å². The summed E-state index contributed by atoms with van der Waals surface area (Å²) in [4.78, 5) is 2.57. The minimum atomic E-state index is 0.829. The lowest BCUT2D eigenvalue weighted by atomic mass is 9.92. The van der Waals surface area contributed by atoms with E-state index >= 15 is 0 Å². The van der Waals surface area contributed by atoms with Crippen molar-refractivity contribution in [3.8, 4) is 0 Å². The fraction of sp³-hybridized carbons (Fsp3) is 1.00. The van der Waals surface area contributed by atoms with E-state index in [2.05, 4.69) is 11.9 Å². The second-order valence-electron chi connectivity index (χ2n) is 4.16. The van der Waals surface area contributed by atoms with E-state index < -0.39 is 0 Å². The van der Waals surface area contributed by atoms with E-state index in [1.807, 2.05) is 23.0 Å². The molecule has 2 saturated heterocycles. The van der Waals surface area contributed by atoms with E-state index in [1.54, 1.807) is 0 Å². The van der Waals surface area contributed by atoms with E-state index in [0.29, 0.717) is 0 Å². The SMILES string of the molecule is CN1C2CCC1CC(COI)C2. The van der Waals surface area contributed by atoms with Crippen molar-refractivity contribution < 1.29 is 3.07 Å². The predicted molar refractivity (Wildman–Crippen MR) is 57.3 cm³/mol. The first-order valence-corrected chi connectivity index (χ1v) is 5.65. The van der Waals surface area contributed by atoms with Gasteiger partial charge in [0.05, 0.1) is 6.61 Å². The van der Waals surface area contributed by atoms with Crippen LogP contribution < -0.4 is 0 Å². The summed E-state index contributed by atoms with van der Waals surface area (Å²) < 4.78 is 5.19. The molecule has 2 nitrogen and oxygen atoms in total. The first-order chi connectivity index (χ1) is 5.81. The number of halogens is 1. The van der Waals surface area contributed by atoms with E-state index in [4.69, 9.17) is 3.07 Å². The number of nitrogens with zero attached hydrogens (tertiary/aromatic N) is 1. The Labute approximate surface area is 88.3 Å². The first kappa shape index (κ1) is 9.21. The van der Waals surface area contributed by atoms with Gasteiger partial charge in [0, 0.05) is 12.1 Å². The quantitative estimate of drug-likeness (QED) is 0.720. The highest BCUT2D eigenvalue weighted by molar-refractivity contribution is 14.1. The molecule has 12 heavy (non-hydrogen) atoms. The van der Waals surface area contributed by atoms with Crippen LogP contribution in [-0.4, -0.2) is 30.6 Å². The number of piperidine rings is 1. The van der Waals surface area contributed by atoms with Gasteiger partial charge < -0.3 is 7.97 Å². The topological polar surface area (TPSA) is 12.5 Å². The monoisotopic (exact) mass is 281 g/mol. The van der Waals surface area contributed by atoms with Crippen molar-refractivity contribution in [2.75, 3.05) is 13.7 Å². The molecule has 2 unspecified atom stereocenters. The molecule has 0 spiro atoms. The molecule has 2 rings (SSSR count). The molecule has 0 saturated carbocycles. The van der Waals surface area contributed by atoms with Crippen molar-refractivity contribution in [3.05, 3.63) is 0 Å². The van der Waals surface area contributed by atoms with Gasteiger partial charge in [0.1, 0.15) is 23.0 Å². The van der Waals surface area contributed by atoms with Gasteiger partial charge in [-0.25, -0.2) is 0 Å². The zero-order valence-corrected chi connectivity index (χ0v) is 9.66. The van der Waals surface area contributed by atoms with Crippen LogP contribution >= 0.6 is 23.0 Å². The average molecular weight is 281 g/mol. The Balaban J connectivity index is 1.93. The normalized spacial score (nSPS) is 42.0. The molecule has 70 valence electrons. The van der Waals surface area contributed by atoms with Crippen LogP contribution in [0.4, 0.5) is 0 Å². The van der Waals surface area contributed by atoms with Gasteiger partial charge in [-0.05, 0) is 38.6 Å². The van der Waals surface area contributed by atoms with Crippen molar-refractivity contribution in [1.29, 1.82) is 0 Å². The maximum absolute atomic E-state index is 5.19. The maximum atomic E-state index is 5.19. The zero-order chi connectivity index (χ0) is 8.55. The van der Waals surface area contributed by atoms with Crippen LogP contribution in [0, 0.1) is 5.92 Å². The average Bonchev–Trinajstić information content (AvgIpc) is 2.33. The summed E-state index contributed by atoms with van der Waals surface area (Å²) in [6, 6.07) is 1.72. The van der Waals surface area contributed by atoms with Crippen LogP contribution in [0.5, 0.6) is 0 Å². The third-order valence-corrected chi connectivity index (χ3v) is 3.85. The minimum Gasteiger partial charge on any atom is -0.316 e. The van der Waals surface area contributed by atoms with Crippen LogP contribution in [0.3, 0.4) is 0 Å². The van der Waals surface area contributed by atoms with Crippen LogP contribution in [0.1, 0.15) is 25.7 Å². The van der Waals surface area contributed by atoms with Gasteiger partial charge in [-0.15, -0.1) is 0 Å². The summed E-state index contributed by atoms with van der Waals surface area (Å²) in [5.74, 6) is 0.829. The molecule has 3 heteroatoms. The summed E-state index contributed by atoms with van der Waals surface area (Å²) in [5, 5.41) is 0. The number of hydrogen-bond donors (Lipinski definition) is 0. The van der Waals surface area contributed by atoms with Gasteiger partial charge in [-0.2, -0.15) is 0 Å². The smallest absolute Gasteiger partial charge is 0.109 e. The fourth-order valence-corrected chi connectivity index (χ4v) is 3.26. The minimum absolute atomic E-state index is 0.829. The van der Waals surface area contributed by atoms with Gasteiger partial charge in [-0.1, -0.05) is 0 Å². The molecular weight excluding hydrogens is 265 g/mol. The highest BCUT2D eigenvalue weighted by Crippen LogP contribution is 2.37. The largest absolute Gasteiger partial charge is 0.316 e. The molecule has 0 amide bonds. The van der Waals surface area contributed by atoms with Crippen molar-refractivity contribution >= 4 is 23.0 Å². The predicted octanol–water partition coefficient (Wildman–Crippen LogP) is 2.23. The molecular formula is C9H16INO. The Bertz CT molecular complexity index is 151.